The van der Waals surface area contributed by atoms with E-state index >= 15 is 0 Å². The van der Waals surface area contributed by atoms with Crippen molar-refractivity contribution in [1.82, 2.24) is 0 Å². The third-order valence-electron chi connectivity index (χ3n) is 2.22. The summed E-state index contributed by atoms with van der Waals surface area (Å²) in [4.78, 5) is 10.3. The van der Waals surface area contributed by atoms with Crippen LogP contribution in [0.25, 0.3) is 0 Å². The first-order chi connectivity index (χ1) is 7.49. The molecule has 0 saturated carbocycles. The maximum atomic E-state index is 10.8. The summed E-state index contributed by atoms with van der Waals surface area (Å²) >= 11 is 0. The van der Waals surface area contributed by atoms with Gasteiger partial charge in [-0.05, 0) is 13.0 Å². The number of nitro benzene ring substituents is 1. The van der Waals surface area contributed by atoms with Crippen LogP contribution in [-0.2, 0) is 0 Å². The lowest BCUT2D eigenvalue weighted by Crippen LogP contribution is -2.05. The first kappa shape index (κ1) is 11.9. The largest absolute Gasteiger partial charge is 0.383 e. The number of hydrogen-bond donors (Lipinski definition) is 1. The molecule has 0 amide bonds. The number of aliphatic hydroxyl groups is 1. The van der Waals surface area contributed by atoms with Crippen LogP contribution in [-0.4, -0.2) is 10.0 Å². The van der Waals surface area contributed by atoms with Gasteiger partial charge in [-0.1, -0.05) is 18.7 Å². The summed E-state index contributed by atoms with van der Waals surface area (Å²) in [6.45, 7) is 4.92. The van der Waals surface area contributed by atoms with Crippen molar-refractivity contribution in [2.45, 2.75) is 13.0 Å². The zero-order chi connectivity index (χ0) is 12.3. The van der Waals surface area contributed by atoms with Crippen molar-refractivity contribution >= 4 is 5.69 Å². The number of hydrogen-bond acceptors (Lipinski definition) is 4. The van der Waals surface area contributed by atoms with Crippen LogP contribution in [0.2, 0.25) is 0 Å². The van der Waals surface area contributed by atoms with E-state index in [1.165, 1.54) is 6.07 Å². The minimum absolute atomic E-state index is 0.0940. The molecule has 82 valence electrons. The minimum Gasteiger partial charge on any atom is -0.383 e. The van der Waals surface area contributed by atoms with Gasteiger partial charge in [0.25, 0.3) is 5.69 Å². The van der Waals surface area contributed by atoms with Crippen molar-refractivity contribution in [2.75, 3.05) is 0 Å². The SMILES string of the molecule is C=C(C#N)C(O)c1cccc(C)c1[N+](=O)[O-]. The van der Waals surface area contributed by atoms with Gasteiger partial charge in [0.1, 0.15) is 6.10 Å². The van der Waals surface area contributed by atoms with Crippen molar-refractivity contribution in [3.8, 4) is 6.07 Å². The van der Waals surface area contributed by atoms with Crippen LogP contribution in [0.3, 0.4) is 0 Å². The second-order valence-corrected chi connectivity index (χ2v) is 3.31. The molecule has 1 unspecified atom stereocenters. The zero-order valence-electron chi connectivity index (χ0n) is 8.67. The van der Waals surface area contributed by atoms with Crippen LogP contribution in [0.5, 0.6) is 0 Å². The van der Waals surface area contributed by atoms with E-state index in [1.807, 2.05) is 0 Å². The molecule has 0 heterocycles. The van der Waals surface area contributed by atoms with Gasteiger partial charge in [-0.15, -0.1) is 0 Å². The van der Waals surface area contributed by atoms with Crippen molar-refractivity contribution in [3.05, 3.63) is 51.6 Å². The van der Waals surface area contributed by atoms with E-state index in [-0.39, 0.29) is 16.8 Å². The molecule has 1 rings (SSSR count). The molecule has 1 aromatic rings. The van der Waals surface area contributed by atoms with E-state index in [0.717, 1.165) is 0 Å². The van der Waals surface area contributed by atoms with E-state index < -0.39 is 11.0 Å². The Morgan fingerprint density at radius 1 is 1.69 bits per heavy atom. The Morgan fingerprint density at radius 3 is 2.81 bits per heavy atom. The molecule has 5 nitrogen and oxygen atoms in total. The highest BCUT2D eigenvalue weighted by atomic mass is 16.6. The fraction of sp³-hybridized carbons (Fsp3) is 0.182. The molecule has 0 aliphatic rings. The lowest BCUT2D eigenvalue weighted by molar-refractivity contribution is -0.386. The Bertz CT molecular complexity index is 488. The van der Waals surface area contributed by atoms with E-state index in [0.29, 0.717) is 5.56 Å². The van der Waals surface area contributed by atoms with Gasteiger partial charge in [0.15, 0.2) is 0 Å². The number of nitro groups is 1. The number of aliphatic hydroxyl groups excluding tert-OH is 1. The first-order valence-electron chi connectivity index (χ1n) is 4.50. The summed E-state index contributed by atoms with van der Waals surface area (Å²) in [6, 6.07) is 6.26. The highest BCUT2D eigenvalue weighted by Gasteiger charge is 2.24. The number of rotatable bonds is 3. The van der Waals surface area contributed by atoms with Crippen LogP contribution in [0.4, 0.5) is 5.69 Å². The van der Waals surface area contributed by atoms with Crippen LogP contribution < -0.4 is 0 Å². The van der Waals surface area contributed by atoms with Gasteiger partial charge in [0.05, 0.1) is 22.1 Å². The quantitative estimate of drug-likeness (QED) is 0.477. The van der Waals surface area contributed by atoms with Gasteiger partial charge in [-0.3, -0.25) is 10.1 Å². The molecule has 0 aromatic heterocycles. The van der Waals surface area contributed by atoms with Gasteiger partial charge in [-0.2, -0.15) is 5.26 Å². The maximum Gasteiger partial charge on any atom is 0.278 e. The summed E-state index contributed by atoms with van der Waals surface area (Å²) in [5, 5.41) is 29.1. The number of para-hydroxylation sites is 1. The van der Waals surface area contributed by atoms with E-state index in [2.05, 4.69) is 6.58 Å². The van der Waals surface area contributed by atoms with Gasteiger partial charge < -0.3 is 5.11 Å². The van der Waals surface area contributed by atoms with Crippen molar-refractivity contribution in [2.24, 2.45) is 0 Å². The molecule has 1 atom stereocenters. The summed E-state index contributed by atoms with van der Waals surface area (Å²) in [5.41, 5.74) is 0.240. The molecule has 16 heavy (non-hydrogen) atoms. The summed E-state index contributed by atoms with van der Waals surface area (Å²) in [6.07, 6.45) is -1.33. The number of benzene rings is 1. The maximum absolute atomic E-state index is 10.8. The fourth-order valence-corrected chi connectivity index (χ4v) is 1.40. The zero-order valence-corrected chi connectivity index (χ0v) is 8.67. The van der Waals surface area contributed by atoms with E-state index in [9.17, 15) is 15.2 Å². The number of nitriles is 1. The molecule has 0 aliphatic carbocycles. The first-order valence-corrected chi connectivity index (χ1v) is 4.50. The molecule has 5 heteroatoms. The highest BCUT2D eigenvalue weighted by Crippen LogP contribution is 2.31. The minimum atomic E-state index is -1.33. The lowest BCUT2D eigenvalue weighted by atomic mass is 9.99. The highest BCUT2D eigenvalue weighted by molar-refractivity contribution is 5.51. The van der Waals surface area contributed by atoms with Crippen LogP contribution >= 0.6 is 0 Å². The topological polar surface area (TPSA) is 87.2 Å². The molecule has 0 aliphatic heterocycles. The Labute approximate surface area is 92.4 Å². The normalized spacial score (nSPS) is 11.6. The van der Waals surface area contributed by atoms with Crippen molar-refractivity contribution in [3.63, 3.8) is 0 Å². The Hall–Kier alpha value is -2.19. The molecular weight excluding hydrogens is 208 g/mol. The molecule has 0 saturated heterocycles. The smallest absolute Gasteiger partial charge is 0.278 e. The van der Waals surface area contributed by atoms with Gasteiger partial charge in [0, 0.05) is 5.56 Å². The average molecular weight is 218 g/mol. The van der Waals surface area contributed by atoms with Crippen LogP contribution in [0.15, 0.2) is 30.4 Å². The summed E-state index contributed by atoms with van der Waals surface area (Å²) in [5.74, 6) is 0. The molecule has 1 aromatic carbocycles. The summed E-state index contributed by atoms with van der Waals surface area (Å²) in [7, 11) is 0. The monoisotopic (exact) mass is 218 g/mol. The second kappa shape index (κ2) is 4.55. The second-order valence-electron chi connectivity index (χ2n) is 3.31. The Kier molecular flexibility index (Phi) is 3.38. The third-order valence-corrected chi connectivity index (χ3v) is 2.22. The predicted octanol–water partition coefficient (Wildman–Crippen LogP) is 2.02. The van der Waals surface area contributed by atoms with E-state index in [4.69, 9.17) is 5.26 Å². The number of nitrogens with zero attached hydrogens (tertiary/aromatic N) is 2. The predicted molar refractivity (Wildman–Crippen MR) is 57.5 cm³/mol. The third kappa shape index (κ3) is 2.07. The fourth-order valence-electron chi connectivity index (χ4n) is 1.40. The van der Waals surface area contributed by atoms with Gasteiger partial charge >= 0.3 is 0 Å². The molecular formula is C11H10N2O3. The lowest BCUT2D eigenvalue weighted by Gasteiger charge is -2.10. The molecule has 0 fully saturated rings. The molecule has 1 N–H and O–H groups in total. The number of aryl methyl sites for hydroxylation is 1. The standard InChI is InChI=1S/C11H10N2O3/c1-7-4-3-5-9(10(7)13(15)16)11(14)8(2)6-12/h3-5,11,14H,2H2,1H3. The van der Waals surface area contributed by atoms with Crippen molar-refractivity contribution in [1.29, 1.82) is 5.26 Å². The molecule has 0 radical (unpaired) electrons. The molecule has 0 bridgehead atoms. The summed E-state index contributed by atoms with van der Waals surface area (Å²) < 4.78 is 0. The van der Waals surface area contributed by atoms with Gasteiger partial charge in [0.2, 0.25) is 0 Å². The Morgan fingerprint density at radius 2 is 2.31 bits per heavy atom. The van der Waals surface area contributed by atoms with Crippen molar-refractivity contribution < 1.29 is 10.0 Å². The van der Waals surface area contributed by atoms with Crippen LogP contribution in [0, 0.1) is 28.4 Å². The Balaban J connectivity index is 3.35. The average Bonchev–Trinajstić information content (AvgIpc) is 2.26. The van der Waals surface area contributed by atoms with Crippen LogP contribution in [0.1, 0.15) is 17.2 Å². The van der Waals surface area contributed by atoms with Gasteiger partial charge in [-0.25, -0.2) is 0 Å². The molecule has 0 spiro atoms. The van der Waals surface area contributed by atoms with E-state index in [1.54, 1.807) is 25.1 Å².